The molecule has 3 aliphatic heterocycles. The predicted molar refractivity (Wildman–Crippen MR) is 139 cm³/mol. The molecule has 1 fully saturated rings. The van der Waals surface area contributed by atoms with E-state index in [0.717, 1.165) is 37.1 Å². The van der Waals surface area contributed by atoms with Gasteiger partial charge < -0.3 is 19.6 Å². The Hall–Kier alpha value is -4.09. The average Bonchev–Trinajstić information content (AvgIpc) is 3.29. The molecule has 1 saturated heterocycles. The van der Waals surface area contributed by atoms with Crippen LogP contribution in [0.15, 0.2) is 35.3 Å². The third-order valence-corrected chi connectivity index (χ3v) is 7.90. The molecule has 1 N–H and O–H groups in total. The molecule has 3 aliphatic rings. The van der Waals surface area contributed by atoms with Gasteiger partial charge in [-0.15, -0.1) is 0 Å². The van der Waals surface area contributed by atoms with Crippen LogP contribution in [0.5, 0.6) is 0 Å². The minimum absolute atomic E-state index is 0.00956. The number of likely N-dealkylation sites (N-methyl/N-ethyl adjacent to an activating group) is 1. The molecule has 0 aliphatic carbocycles. The number of nitro groups is 1. The average molecular weight is 518 g/mol. The van der Waals surface area contributed by atoms with Gasteiger partial charge in [0.1, 0.15) is 18.0 Å². The highest BCUT2D eigenvalue weighted by molar-refractivity contribution is 5.95. The fourth-order valence-electron chi connectivity index (χ4n) is 5.72. The van der Waals surface area contributed by atoms with Gasteiger partial charge in [0.05, 0.1) is 28.1 Å². The summed E-state index contributed by atoms with van der Waals surface area (Å²) in [6, 6.07) is 7.52. The van der Waals surface area contributed by atoms with Crippen LogP contribution in [0.3, 0.4) is 0 Å². The zero-order valence-electron chi connectivity index (χ0n) is 21.1. The van der Waals surface area contributed by atoms with E-state index in [1.54, 1.807) is 0 Å². The highest BCUT2D eigenvalue weighted by Gasteiger charge is 2.52. The number of ether oxygens (including phenoxy) is 1. The van der Waals surface area contributed by atoms with E-state index >= 15 is 0 Å². The van der Waals surface area contributed by atoms with Gasteiger partial charge in [-0.2, -0.15) is 0 Å². The summed E-state index contributed by atoms with van der Waals surface area (Å²) in [6.07, 6.45) is 3.84. The van der Waals surface area contributed by atoms with E-state index in [4.69, 9.17) is 9.72 Å². The van der Waals surface area contributed by atoms with Crippen molar-refractivity contribution in [2.24, 2.45) is 0 Å². The number of benzene rings is 1. The molecule has 5 heterocycles. The first-order chi connectivity index (χ1) is 18.2. The monoisotopic (exact) mass is 517 g/mol. The minimum atomic E-state index is -2.30. The lowest BCUT2D eigenvalue weighted by molar-refractivity contribution is -0.386. The van der Waals surface area contributed by atoms with E-state index in [9.17, 15) is 24.8 Å². The molecule has 2 aromatic heterocycles. The lowest BCUT2D eigenvalue weighted by atomic mass is 9.84. The number of aromatic nitrogens is 2. The summed E-state index contributed by atoms with van der Waals surface area (Å²) in [7, 11) is 2.09. The first kappa shape index (κ1) is 24.3. The van der Waals surface area contributed by atoms with Gasteiger partial charge in [0.15, 0.2) is 5.60 Å². The van der Waals surface area contributed by atoms with Crippen molar-refractivity contribution in [3.8, 4) is 11.4 Å². The number of fused-ring (bicyclic) bond motifs is 5. The maximum absolute atomic E-state index is 13.7. The molecular formula is C27H27N5O6. The third-order valence-electron chi connectivity index (χ3n) is 7.90. The van der Waals surface area contributed by atoms with Gasteiger partial charge in [-0.05, 0) is 37.4 Å². The van der Waals surface area contributed by atoms with Crippen LogP contribution in [-0.4, -0.2) is 68.6 Å². The van der Waals surface area contributed by atoms with E-state index in [2.05, 4.69) is 16.8 Å². The number of carbonyl (C=O) groups is 1. The van der Waals surface area contributed by atoms with Crippen molar-refractivity contribution in [2.45, 2.75) is 32.1 Å². The number of carbonyl (C=O) groups excluding carboxylic acids is 1. The lowest BCUT2D eigenvalue weighted by Gasteiger charge is -2.31. The van der Waals surface area contributed by atoms with Crippen molar-refractivity contribution in [2.75, 3.05) is 33.2 Å². The summed E-state index contributed by atoms with van der Waals surface area (Å²) in [4.78, 5) is 47.4. The molecule has 196 valence electrons. The highest BCUT2D eigenvalue weighted by atomic mass is 16.6. The summed E-state index contributed by atoms with van der Waals surface area (Å²) in [5.74, 6) is -1.000. The fourth-order valence-corrected chi connectivity index (χ4v) is 5.72. The fraction of sp³-hybridized carbons (Fsp3) is 0.370. The molecular weight excluding hydrogens is 490 g/mol. The number of para-hydroxylation sites is 1. The Morgan fingerprint density at radius 3 is 2.63 bits per heavy atom. The van der Waals surface area contributed by atoms with Crippen LogP contribution >= 0.6 is 0 Å². The van der Waals surface area contributed by atoms with Gasteiger partial charge in [-0.1, -0.05) is 25.1 Å². The van der Waals surface area contributed by atoms with Crippen LogP contribution in [-0.2, 0) is 28.3 Å². The summed E-state index contributed by atoms with van der Waals surface area (Å²) < 4.78 is 6.43. The van der Waals surface area contributed by atoms with Crippen LogP contribution in [0.1, 0.15) is 35.6 Å². The maximum Gasteiger partial charge on any atom is 0.343 e. The van der Waals surface area contributed by atoms with E-state index < -0.39 is 34.3 Å². The molecule has 0 unspecified atom stereocenters. The summed E-state index contributed by atoms with van der Waals surface area (Å²) in [5.41, 5.74) is -1.20. The Morgan fingerprint density at radius 2 is 1.92 bits per heavy atom. The van der Waals surface area contributed by atoms with Crippen LogP contribution in [0.25, 0.3) is 28.4 Å². The number of piperazine rings is 1. The van der Waals surface area contributed by atoms with Crippen LogP contribution in [0, 0.1) is 10.1 Å². The molecule has 0 spiro atoms. The van der Waals surface area contributed by atoms with E-state index in [-0.39, 0.29) is 29.8 Å². The number of cyclic esters (lactones) is 1. The number of nitrogens with zero attached hydrogens (tertiary/aromatic N) is 5. The largest absolute Gasteiger partial charge is 0.458 e. The Morgan fingerprint density at radius 1 is 1.18 bits per heavy atom. The SMILES string of the molecule is CC[C@@]1(O)C(=O)OCc2c1c([N+](=O)[O-])c1n(c2=O)Cc2c-1nc1ccccc1c2/C=C/N1CCN(C)CC1. The lowest BCUT2D eigenvalue weighted by Crippen LogP contribution is -2.45. The first-order valence-corrected chi connectivity index (χ1v) is 12.6. The zero-order valence-corrected chi connectivity index (χ0v) is 21.1. The Labute approximate surface area is 217 Å². The van der Waals surface area contributed by atoms with Crippen molar-refractivity contribution in [3.63, 3.8) is 0 Å². The second-order valence-electron chi connectivity index (χ2n) is 10.0. The highest BCUT2D eigenvalue weighted by Crippen LogP contribution is 2.47. The zero-order chi connectivity index (χ0) is 26.8. The van der Waals surface area contributed by atoms with Crippen LogP contribution < -0.4 is 5.56 Å². The maximum atomic E-state index is 13.7. The van der Waals surface area contributed by atoms with Crippen molar-refractivity contribution in [1.82, 2.24) is 19.4 Å². The van der Waals surface area contributed by atoms with Crippen LogP contribution in [0.2, 0.25) is 0 Å². The molecule has 1 aromatic carbocycles. The molecule has 0 radical (unpaired) electrons. The van der Waals surface area contributed by atoms with Crippen molar-refractivity contribution in [3.05, 3.63) is 73.2 Å². The second kappa shape index (κ2) is 8.74. The van der Waals surface area contributed by atoms with Gasteiger partial charge in [0, 0.05) is 37.1 Å². The minimum Gasteiger partial charge on any atom is -0.458 e. The normalized spacial score (nSPS) is 20.9. The molecule has 6 rings (SSSR count). The van der Waals surface area contributed by atoms with Gasteiger partial charge in [0.2, 0.25) is 0 Å². The Bertz CT molecular complexity index is 1600. The standard InChI is InChI=1S/C27H27N5O6/c1-3-27(35)21-19(15-38-26(27)34)25(33)31-14-18-16(8-9-30-12-10-29(2)11-13-30)17-6-4-5-7-20(17)28-22(18)24(31)23(21)32(36)37/h4-9,35H,3,10-15H2,1-2H3/b9-8+/t27-/m0/s1. The second-order valence-corrected chi connectivity index (χ2v) is 10.0. The van der Waals surface area contributed by atoms with Crippen molar-refractivity contribution < 1.29 is 19.6 Å². The van der Waals surface area contributed by atoms with Gasteiger partial charge in [-0.3, -0.25) is 19.5 Å². The molecule has 0 bridgehead atoms. The summed E-state index contributed by atoms with van der Waals surface area (Å²) in [6.45, 7) is 4.80. The van der Waals surface area contributed by atoms with Crippen molar-refractivity contribution in [1.29, 1.82) is 0 Å². The van der Waals surface area contributed by atoms with Crippen LogP contribution in [0.4, 0.5) is 5.69 Å². The molecule has 38 heavy (non-hydrogen) atoms. The Balaban J connectivity index is 1.62. The molecule has 11 nitrogen and oxygen atoms in total. The van der Waals surface area contributed by atoms with E-state index in [1.807, 2.05) is 36.5 Å². The number of hydrogen-bond acceptors (Lipinski definition) is 9. The van der Waals surface area contributed by atoms with E-state index in [1.165, 1.54) is 11.5 Å². The quantitative estimate of drug-likeness (QED) is 0.246. The van der Waals surface area contributed by atoms with Crippen molar-refractivity contribution >= 4 is 28.6 Å². The predicted octanol–water partition coefficient (Wildman–Crippen LogP) is 2.21. The number of hydrogen-bond donors (Lipinski definition) is 1. The topological polar surface area (TPSA) is 131 Å². The van der Waals surface area contributed by atoms with Gasteiger partial charge in [0.25, 0.3) is 5.56 Å². The smallest absolute Gasteiger partial charge is 0.343 e. The Kier molecular flexibility index (Phi) is 5.58. The third kappa shape index (κ3) is 3.46. The number of esters is 1. The number of pyridine rings is 2. The molecule has 0 amide bonds. The number of rotatable bonds is 4. The molecule has 11 heteroatoms. The molecule has 3 aromatic rings. The van der Waals surface area contributed by atoms with E-state index in [0.29, 0.717) is 16.8 Å². The molecule has 1 atom stereocenters. The number of aliphatic hydroxyl groups is 1. The van der Waals surface area contributed by atoms with Gasteiger partial charge in [-0.25, -0.2) is 9.78 Å². The van der Waals surface area contributed by atoms with Gasteiger partial charge >= 0.3 is 11.7 Å². The first-order valence-electron chi connectivity index (χ1n) is 12.6. The summed E-state index contributed by atoms with van der Waals surface area (Å²) >= 11 is 0. The molecule has 0 saturated carbocycles. The summed E-state index contributed by atoms with van der Waals surface area (Å²) in [5, 5.41) is 24.7.